The van der Waals surface area contributed by atoms with Gasteiger partial charge in [0.15, 0.2) is 0 Å². The summed E-state index contributed by atoms with van der Waals surface area (Å²) in [6, 6.07) is 8.86. The molecule has 5 N–H and O–H groups in total. The maximum absolute atomic E-state index is 11.0. The van der Waals surface area contributed by atoms with Crippen molar-refractivity contribution in [1.29, 1.82) is 0 Å². The summed E-state index contributed by atoms with van der Waals surface area (Å²) in [4.78, 5) is 11.0. The van der Waals surface area contributed by atoms with Crippen LogP contribution in [0.15, 0.2) is 36.4 Å². The van der Waals surface area contributed by atoms with Crippen molar-refractivity contribution < 1.29 is 20.1 Å². The molecule has 0 saturated heterocycles. The normalized spacial score (nSPS) is 26.6. The number of carboxylic acids is 1. The number of hydrogen-bond acceptors (Lipinski definition) is 4. The Kier molecular flexibility index (Phi) is 5.39. The van der Waals surface area contributed by atoms with Crippen LogP contribution in [0.1, 0.15) is 60.0 Å². The zero-order valence-corrected chi connectivity index (χ0v) is 16.6. The molecule has 4 saturated carbocycles. The number of carboxylic acid groups (broad SMARTS) is 1. The summed E-state index contributed by atoms with van der Waals surface area (Å²) in [5.74, 6) is 3.66. The van der Waals surface area contributed by atoms with Gasteiger partial charge < -0.3 is 21.1 Å². The molecule has 4 aliphatic rings. The predicted molar refractivity (Wildman–Crippen MR) is 112 cm³/mol. The molecule has 4 bridgehead atoms. The highest BCUT2D eigenvalue weighted by Crippen LogP contribution is 2.53. The maximum atomic E-state index is 11.0. The molecule has 4 aliphatic carbocycles. The Morgan fingerprint density at radius 3 is 1.93 bits per heavy atom. The molecule has 2 aromatic rings. The van der Waals surface area contributed by atoms with Crippen molar-refractivity contribution in [3.8, 4) is 11.5 Å². The van der Waals surface area contributed by atoms with E-state index in [0.29, 0.717) is 11.1 Å². The van der Waals surface area contributed by atoms with Crippen molar-refractivity contribution in [2.24, 2.45) is 23.7 Å². The SMILES string of the molecule is C1C2CC3CC1CC(C2)C3.Nc1c(Cc2cc(O)ccc2O)cccc1C(=O)O. The van der Waals surface area contributed by atoms with Crippen LogP contribution in [0.2, 0.25) is 0 Å². The molecule has 4 fully saturated rings. The molecule has 5 heteroatoms. The van der Waals surface area contributed by atoms with Crippen LogP contribution < -0.4 is 5.73 Å². The summed E-state index contributed by atoms with van der Waals surface area (Å²) in [5, 5.41) is 28.1. The van der Waals surface area contributed by atoms with Crippen molar-refractivity contribution in [2.75, 3.05) is 5.73 Å². The van der Waals surface area contributed by atoms with Crippen LogP contribution in [0.5, 0.6) is 11.5 Å². The first-order valence-electron chi connectivity index (χ1n) is 10.5. The Hall–Kier alpha value is -2.69. The molecule has 5 nitrogen and oxygen atoms in total. The summed E-state index contributed by atoms with van der Waals surface area (Å²) in [6.07, 6.45) is 9.87. The smallest absolute Gasteiger partial charge is 0.337 e. The molecule has 0 spiro atoms. The molecule has 154 valence electrons. The monoisotopic (exact) mass is 395 g/mol. The number of nitrogen functional groups attached to an aromatic ring is 1. The Bertz CT molecular complexity index is 851. The first-order valence-corrected chi connectivity index (χ1v) is 10.5. The fourth-order valence-electron chi connectivity index (χ4n) is 5.86. The summed E-state index contributed by atoms with van der Waals surface area (Å²) >= 11 is 0. The number of aromatic carboxylic acids is 1. The molecule has 0 atom stereocenters. The number of carbonyl (C=O) groups is 1. The van der Waals surface area contributed by atoms with Crippen LogP contribution in [0.4, 0.5) is 5.69 Å². The van der Waals surface area contributed by atoms with Crippen LogP contribution >= 0.6 is 0 Å². The standard InChI is InChI=1S/C14H13NO4.C10H16/c15-13-8(2-1-3-11(13)14(18)19)6-9-7-10(16)4-5-12(9)17;1-7-2-9-4-8(1)5-10(3-7)6-9/h1-5,7,16-17H,6,15H2,(H,18,19);7-10H,1-6H2. The van der Waals surface area contributed by atoms with Crippen molar-refractivity contribution >= 4 is 11.7 Å². The summed E-state index contributed by atoms with van der Waals surface area (Å²) in [5.41, 5.74) is 7.05. The predicted octanol–water partition coefficient (Wildman–Crippen LogP) is 4.80. The summed E-state index contributed by atoms with van der Waals surface area (Å²) < 4.78 is 0. The number of aromatic hydroxyl groups is 2. The van der Waals surface area contributed by atoms with Crippen molar-refractivity contribution in [1.82, 2.24) is 0 Å². The van der Waals surface area contributed by atoms with E-state index >= 15 is 0 Å². The van der Waals surface area contributed by atoms with Gasteiger partial charge in [-0.2, -0.15) is 0 Å². The van der Waals surface area contributed by atoms with E-state index in [1.54, 1.807) is 50.7 Å². The van der Waals surface area contributed by atoms with Gasteiger partial charge in [0.25, 0.3) is 0 Å². The van der Waals surface area contributed by atoms with Crippen LogP contribution in [0, 0.1) is 23.7 Å². The minimum atomic E-state index is -1.10. The third-order valence-electron chi connectivity index (χ3n) is 6.87. The van der Waals surface area contributed by atoms with Gasteiger partial charge >= 0.3 is 5.97 Å². The minimum Gasteiger partial charge on any atom is -0.508 e. The van der Waals surface area contributed by atoms with Gasteiger partial charge in [0.05, 0.1) is 5.56 Å². The lowest BCUT2D eigenvalue weighted by Crippen LogP contribution is -2.38. The second-order valence-corrected chi connectivity index (χ2v) is 9.05. The van der Waals surface area contributed by atoms with Gasteiger partial charge in [-0.3, -0.25) is 0 Å². The lowest BCUT2D eigenvalue weighted by atomic mass is 9.56. The van der Waals surface area contributed by atoms with Gasteiger partial charge in [0, 0.05) is 17.7 Å². The lowest BCUT2D eigenvalue weighted by Gasteiger charge is -2.49. The Balaban J connectivity index is 0.000000168. The Labute approximate surface area is 171 Å². The molecular formula is C24H29NO4. The summed E-state index contributed by atoms with van der Waals surface area (Å²) in [7, 11) is 0. The Morgan fingerprint density at radius 2 is 1.41 bits per heavy atom. The quantitative estimate of drug-likeness (QED) is 0.441. The van der Waals surface area contributed by atoms with Crippen LogP contribution in [-0.4, -0.2) is 21.3 Å². The third-order valence-corrected chi connectivity index (χ3v) is 6.87. The molecule has 0 radical (unpaired) electrons. The highest BCUT2D eigenvalue weighted by molar-refractivity contribution is 5.94. The molecule has 2 aromatic carbocycles. The molecule has 6 rings (SSSR count). The number of para-hydroxylation sites is 1. The highest BCUT2D eigenvalue weighted by atomic mass is 16.4. The van der Waals surface area contributed by atoms with E-state index in [9.17, 15) is 15.0 Å². The number of rotatable bonds is 3. The number of benzene rings is 2. The molecule has 0 unspecified atom stereocenters. The van der Waals surface area contributed by atoms with E-state index in [4.69, 9.17) is 10.8 Å². The van der Waals surface area contributed by atoms with Gasteiger partial charge in [-0.05, 0) is 92.0 Å². The fourth-order valence-corrected chi connectivity index (χ4v) is 5.86. The van der Waals surface area contributed by atoms with Gasteiger partial charge in [-0.1, -0.05) is 12.1 Å². The minimum absolute atomic E-state index is 0.0251. The number of phenols is 2. The zero-order valence-electron chi connectivity index (χ0n) is 16.6. The second kappa shape index (κ2) is 7.97. The molecule has 29 heavy (non-hydrogen) atoms. The Morgan fingerprint density at radius 1 is 0.862 bits per heavy atom. The van der Waals surface area contributed by atoms with E-state index < -0.39 is 5.97 Å². The number of anilines is 1. The summed E-state index contributed by atoms with van der Waals surface area (Å²) in [6.45, 7) is 0. The van der Waals surface area contributed by atoms with E-state index in [1.807, 2.05) is 0 Å². The maximum Gasteiger partial charge on any atom is 0.337 e. The highest BCUT2D eigenvalue weighted by Gasteiger charge is 2.41. The van der Waals surface area contributed by atoms with Gasteiger partial charge in [0.1, 0.15) is 11.5 Å². The topological polar surface area (TPSA) is 104 Å². The van der Waals surface area contributed by atoms with E-state index in [0.717, 1.165) is 0 Å². The van der Waals surface area contributed by atoms with Gasteiger partial charge in [-0.25, -0.2) is 4.79 Å². The second-order valence-electron chi connectivity index (χ2n) is 9.05. The molecule has 0 aliphatic heterocycles. The van der Waals surface area contributed by atoms with Crippen molar-refractivity contribution in [2.45, 2.75) is 44.9 Å². The third kappa shape index (κ3) is 4.34. The fraction of sp³-hybridized carbons (Fsp3) is 0.458. The molecule has 0 heterocycles. The molecule has 0 amide bonds. The van der Waals surface area contributed by atoms with Crippen molar-refractivity contribution in [3.63, 3.8) is 0 Å². The first-order chi connectivity index (χ1) is 13.9. The lowest BCUT2D eigenvalue weighted by molar-refractivity contribution is 0.0198. The van der Waals surface area contributed by atoms with Gasteiger partial charge in [-0.15, -0.1) is 0 Å². The average Bonchev–Trinajstić information content (AvgIpc) is 2.65. The molecular weight excluding hydrogens is 366 g/mol. The van der Waals surface area contributed by atoms with E-state index in [2.05, 4.69) is 0 Å². The van der Waals surface area contributed by atoms with Crippen LogP contribution in [0.25, 0.3) is 0 Å². The largest absolute Gasteiger partial charge is 0.508 e. The van der Waals surface area contributed by atoms with E-state index in [1.165, 1.54) is 47.9 Å². The van der Waals surface area contributed by atoms with Crippen molar-refractivity contribution in [3.05, 3.63) is 53.1 Å². The number of hydrogen-bond donors (Lipinski definition) is 4. The zero-order chi connectivity index (χ0) is 20.5. The number of phenolic OH excluding ortho intramolecular Hbond substituents is 2. The van der Waals surface area contributed by atoms with Crippen LogP contribution in [0.3, 0.4) is 0 Å². The van der Waals surface area contributed by atoms with Gasteiger partial charge in [0.2, 0.25) is 0 Å². The van der Waals surface area contributed by atoms with E-state index in [-0.39, 0.29) is 29.2 Å². The first kappa shape index (κ1) is 19.6. The number of nitrogens with two attached hydrogens (primary N) is 1. The van der Waals surface area contributed by atoms with Crippen LogP contribution in [-0.2, 0) is 6.42 Å². The average molecular weight is 395 g/mol. The molecule has 0 aromatic heterocycles.